The second-order valence-corrected chi connectivity index (χ2v) is 5.95. The number of hydrogen-bond acceptors (Lipinski definition) is 5. The van der Waals surface area contributed by atoms with Crippen molar-refractivity contribution in [1.29, 1.82) is 0 Å². The summed E-state index contributed by atoms with van der Waals surface area (Å²) in [6.45, 7) is 5.63. The van der Waals surface area contributed by atoms with Gasteiger partial charge in [-0.2, -0.15) is 5.10 Å². The van der Waals surface area contributed by atoms with Crippen LogP contribution in [0.1, 0.15) is 25.0 Å². The molecular weight excluding hydrogens is 284 g/mol. The predicted molar refractivity (Wildman–Crippen MR) is 80.4 cm³/mol. The van der Waals surface area contributed by atoms with E-state index in [4.69, 9.17) is 9.47 Å². The number of aromatic nitrogens is 2. The van der Waals surface area contributed by atoms with Crippen molar-refractivity contribution in [2.75, 3.05) is 33.4 Å². The molecule has 7 heteroatoms. The van der Waals surface area contributed by atoms with Crippen molar-refractivity contribution in [1.82, 2.24) is 20.0 Å². The second kappa shape index (κ2) is 6.76. The average Bonchev–Trinajstić information content (AvgIpc) is 3.15. The van der Waals surface area contributed by atoms with Crippen LogP contribution in [0.4, 0.5) is 0 Å². The summed E-state index contributed by atoms with van der Waals surface area (Å²) in [5.74, 6) is -0.0464. The molecule has 3 heterocycles. The van der Waals surface area contributed by atoms with Crippen molar-refractivity contribution in [3.05, 3.63) is 18.0 Å². The summed E-state index contributed by atoms with van der Waals surface area (Å²) < 4.78 is 13.2. The average molecular weight is 308 g/mol. The molecule has 0 aliphatic carbocycles. The number of nitrogens with one attached hydrogen (secondary N) is 1. The molecule has 7 nitrogen and oxygen atoms in total. The van der Waals surface area contributed by atoms with Gasteiger partial charge < -0.3 is 19.7 Å². The summed E-state index contributed by atoms with van der Waals surface area (Å²) in [5.41, 5.74) is 1.02. The summed E-state index contributed by atoms with van der Waals surface area (Å²) >= 11 is 0. The zero-order valence-electron chi connectivity index (χ0n) is 13.2. The Morgan fingerprint density at radius 3 is 3.05 bits per heavy atom. The molecule has 0 aromatic carbocycles. The zero-order chi connectivity index (χ0) is 15.5. The van der Waals surface area contributed by atoms with Crippen LogP contribution < -0.4 is 5.32 Å². The van der Waals surface area contributed by atoms with E-state index in [1.54, 1.807) is 0 Å². The van der Waals surface area contributed by atoms with E-state index in [1.807, 2.05) is 31.0 Å². The van der Waals surface area contributed by atoms with Gasteiger partial charge in [0.05, 0.1) is 18.8 Å². The predicted octanol–water partition coefficient (Wildman–Crippen LogP) is 0.180. The highest BCUT2D eigenvalue weighted by Gasteiger charge is 2.34. The van der Waals surface area contributed by atoms with Crippen LogP contribution in [-0.4, -0.2) is 66.1 Å². The van der Waals surface area contributed by atoms with Crippen LogP contribution in [-0.2, 0) is 20.8 Å². The minimum Gasteiger partial charge on any atom is -0.371 e. The van der Waals surface area contributed by atoms with Gasteiger partial charge in [0.15, 0.2) is 0 Å². The van der Waals surface area contributed by atoms with Crippen molar-refractivity contribution >= 4 is 5.91 Å². The van der Waals surface area contributed by atoms with Gasteiger partial charge in [-0.15, -0.1) is 0 Å². The van der Waals surface area contributed by atoms with Gasteiger partial charge in [0, 0.05) is 38.0 Å². The number of rotatable bonds is 4. The molecule has 0 saturated carbocycles. The quantitative estimate of drug-likeness (QED) is 0.859. The van der Waals surface area contributed by atoms with Crippen molar-refractivity contribution in [2.45, 2.75) is 38.1 Å². The topological polar surface area (TPSA) is 68.6 Å². The van der Waals surface area contributed by atoms with Gasteiger partial charge in [-0.1, -0.05) is 0 Å². The van der Waals surface area contributed by atoms with Crippen molar-refractivity contribution < 1.29 is 14.3 Å². The maximum absolute atomic E-state index is 12.4. The Morgan fingerprint density at radius 1 is 1.45 bits per heavy atom. The summed E-state index contributed by atoms with van der Waals surface area (Å²) in [6, 6.07) is -0.0159. The summed E-state index contributed by atoms with van der Waals surface area (Å²) in [6.07, 6.45) is 4.11. The monoisotopic (exact) mass is 308 g/mol. The Labute approximate surface area is 130 Å². The largest absolute Gasteiger partial charge is 0.371 e. The van der Waals surface area contributed by atoms with Gasteiger partial charge in [0.2, 0.25) is 0 Å². The Kier molecular flexibility index (Phi) is 4.75. The van der Waals surface area contributed by atoms with Crippen LogP contribution in [0, 0.1) is 0 Å². The molecule has 1 N–H and O–H groups in total. The molecule has 2 saturated heterocycles. The Bertz CT molecular complexity index is 519. The van der Waals surface area contributed by atoms with Crippen molar-refractivity contribution in [3.63, 3.8) is 0 Å². The standard InChI is InChI=1S/C15H24N4O3/c1-3-19-9-11(8-16-19)14-12(4-6-22-14)17-15(20)13-10-18(2)5-7-21-13/h8-9,12-14H,3-7,10H2,1-2H3,(H,17,20)/t12-,13?,14+/m0/s1. The normalized spacial score (nSPS) is 29.6. The smallest absolute Gasteiger partial charge is 0.250 e. The lowest BCUT2D eigenvalue weighted by Gasteiger charge is -2.30. The van der Waals surface area contributed by atoms with E-state index in [1.165, 1.54) is 0 Å². The number of ether oxygens (including phenoxy) is 2. The number of hydrogen-bond donors (Lipinski definition) is 1. The van der Waals surface area contributed by atoms with E-state index in [0.29, 0.717) is 19.8 Å². The maximum Gasteiger partial charge on any atom is 0.250 e. The van der Waals surface area contributed by atoms with Gasteiger partial charge in [-0.25, -0.2) is 0 Å². The first kappa shape index (κ1) is 15.5. The number of amides is 1. The molecule has 1 amide bonds. The number of likely N-dealkylation sites (N-methyl/N-ethyl adjacent to an activating group) is 1. The summed E-state index contributed by atoms with van der Waals surface area (Å²) in [4.78, 5) is 14.5. The van der Waals surface area contributed by atoms with Crippen molar-refractivity contribution in [3.8, 4) is 0 Å². The van der Waals surface area contributed by atoms with Gasteiger partial charge in [0.1, 0.15) is 12.2 Å². The van der Waals surface area contributed by atoms with Crippen LogP contribution in [0.25, 0.3) is 0 Å². The summed E-state index contributed by atoms with van der Waals surface area (Å²) in [5, 5.41) is 7.38. The number of aryl methyl sites for hydroxylation is 1. The SMILES string of the molecule is CCn1cc([C@H]2OCC[C@@H]2NC(=O)C2CN(C)CCO2)cn1. The molecule has 122 valence electrons. The first-order valence-electron chi connectivity index (χ1n) is 7.92. The van der Waals surface area contributed by atoms with Gasteiger partial charge in [0.25, 0.3) is 5.91 Å². The number of nitrogens with zero attached hydrogens (tertiary/aromatic N) is 3. The minimum atomic E-state index is -0.390. The molecular formula is C15H24N4O3. The lowest BCUT2D eigenvalue weighted by atomic mass is 10.0. The van der Waals surface area contributed by atoms with Crippen LogP contribution in [0.3, 0.4) is 0 Å². The highest BCUT2D eigenvalue weighted by Crippen LogP contribution is 2.29. The molecule has 1 aromatic rings. The Balaban J connectivity index is 1.62. The third-order valence-electron chi connectivity index (χ3n) is 4.29. The number of morpholine rings is 1. The van der Waals surface area contributed by atoms with Crippen LogP contribution in [0.2, 0.25) is 0 Å². The molecule has 22 heavy (non-hydrogen) atoms. The first-order valence-corrected chi connectivity index (χ1v) is 7.92. The van der Waals surface area contributed by atoms with Gasteiger partial charge in [-0.3, -0.25) is 9.48 Å². The highest BCUT2D eigenvalue weighted by atomic mass is 16.5. The molecule has 2 fully saturated rings. The first-order chi connectivity index (χ1) is 10.7. The molecule has 1 unspecified atom stereocenters. The second-order valence-electron chi connectivity index (χ2n) is 5.95. The Hall–Kier alpha value is -1.44. The van der Waals surface area contributed by atoms with E-state index >= 15 is 0 Å². The lowest BCUT2D eigenvalue weighted by Crippen LogP contribution is -2.51. The van der Waals surface area contributed by atoms with E-state index in [0.717, 1.165) is 25.1 Å². The third-order valence-corrected chi connectivity index (χ3v) is 4.29. The zero-order valence-corrected chi connectivity index (χ0v) is 13.2. The Morgan fingerprint density at radius 2 is 2.32 bits per heavy atom. The number of carbonyl (C=O) groups is 1. The van der Waals surface area contributed by atoms with Crippen LogP contribution >= 0.6 is 0 Å². The third kappa shape index (κ3) is 3.31. The van der Waals surface area contributed by atoms with Crippen LogP contribution in [0.5, 0.6) is 0 Å². The molecule has 3 rings (SSSR count). The minimum absolute atomic E-state index is 0.0159. The van der Waals surface area contributed by atoms with Gasteiger partial charge in [-0.05, 0) is 20.4 Å². The van der Waals surface area contributed by atoms with E-state index in [2.05, 4.69) is 15.3 Å². The van der Waals surface area contributed by atoms with E-state index in [-0.39, 0.29) is 18.1 Å². The molecule has 2 aliphatic heterocycles. The molecule has 3 atom stereocenters. The molecule has 0 spiro atoms. The highest BCUT2D eigenvalue weighted by molar-refractivity contribution is 5.81. The molecule has 2 aliphatic rings. The maximum atomic E-state index is 12.4. The lowest BCUT2D eigenvalue weighted by molar-refractivity contribution is -0.139. The van der Waals surface area contributed by atoms with E-state index in [9.17, 15) is 4.79 Å². The van der Waals surface area contributed by atoms with Crippen molar-refractivity contribution in [2.24, 2.45) is 0 Å². The van der Waals surface area contributed by atoms with E-state index < -0.39 is 6.10 Å². The summed E-state index contributed by atoms with van der Waals surface area (Å²) in [7, 11) is 2.00. The fraction of sp³-hybridized carbons (Fsp3) is 0.733. The van der Waals surface area contributed by atoms with Gasteiger partial charge >= 0.3 is 0 Å². The fourth-order valence-corrected chi connectivity index (χ4v) is 2.98. The fourth-order valence-electron chi connectivity index (χ4n) is 2.98. The van der Waals surface area contributed by atoms with Crippen LogP contribution in [0.15, 0.2) is 12.4 Å². The molecule has 1 aromatic heterocycles. The molecule has 0 radical (unpaired) electrons. The molecule has 0 bridgehead atoms. The number of carbonyl (C=O) groups excluding carboxylic acids is 1.